The smallest absolute Gasteiger partial charge is 0.323 e. The Morgan fingerprint density at radius 2 is 1.77 bits per heavy atom. The highest BCUT2D eigenvalue weighted by molar-refractivity contribution is 6.00. The highest BCUT2D eigenvalue weighted by Crippen LogP contribution is 2.42. The zero-order chi connectivity index (χ0) is 19.5. The van der Waals surface area contributed by atoms with Crippen molar-refractivity contribution in [3.05, 3.63) is 11.9 Å². The second-order valence-electron chi connectivity index (χ2n) is 6.99. The topological polar surface area (TPSA) is 138 Å². The van der Waals surface area contributed by atoms with E-state index < -0.39 is 28.9 Å². The van der Waals surface area contributed by atoms with Gasteiger partial charge < -0.3 is 20.5 Å². The molecule has 0 radical (unpaired) electrons. The van der Waals surface area contributed by atoms with Crippen LogP contribution < -0.4 is 11.1 Å². The van der Waals surface area contributed by atoms with Gasteiger partial charge in [0.15, 0.2) is 5.41 Å². The molecule has 0 unspecified atom stereocenters. The predicted octanol–water partition coefficient (Wildman–Crippen LogP) is 0.629. The van der Waals surface area contributed by atoms with Crippen LogP contribution in [0.25, 0.3) is 0 Å². The van der Waals surface area contributed by atoms with Crippen LogP contribution in [0.15, 0.2) is 6.20 Å². The van der Waals surface area contributed by atoms with E-state index in [9.17, 15) is 14.4 Å². The molecule has 0 bridgehead atoms. The van der Waals surface area contributed by atoms with Gasteiger partial charge in [-0.3, -0.25) is 9.59 Å². The Kier molecular flexibility index (Phi) is 5.53. The van der Waals surface area contributed by atoms with Crippen LogP contribution in [-0.2, 0) is 24.6 Å². The molecule has 2 amide bonds. The van der Waals surface area contributed by atoms with E-state index in [-0.39, 0.29) is 6.04 Å². The molecule has 0 aliphatic heterocycles. The Labute approximate surface area is 151 Å². The number of nitrogens with zero attached hydrogens (tertiary/aromatic N) is 3. The number of aromatic nitrogens is 3. The summed E-state index contributed by atoms with van der Waals surface area (Å²) in [5.74, 6) is -1.15. The fourth-order valence-corrected chi connectivity index (χ4v) is 3.36. The van der Waals surface area contributed by atoms with Gasteiger partial charge in [-0.25, -0.2) is 9.48 Å². The molecule has 26 heavy (non-hydrogen) atoms. The second kappa shape index (κ2) is 7.30. The number of amides is 2. The third-order valence-corrected chi connectivity index (χ3v) is 4.92. The monoisotopic (exact) mass is 367 g/mol. The lowest BCUT2D eigenvalue weighted by Gasteiger charge is -2.35. The Bertz CT molecular complexity index is 673. The van der Waals surface area contributed by atoms with Crippen LogP contribution in [0.3, 0.4) is 0 Å². The summed E-state index contributed by atoms with van der Waals surface area (Å²) in [5.41, 5.74) is 3.72. The van der Waals surface area contributed by atoms with E-state index in [0.717, 1.165) is 0 Å². The molecule has 0 aromatic carbocycles. The van der Waals surface area contributed by atoms with Crippen molar-refractivity contribution in [3.63, 3.8) is 0 Å². The first-order valence-corrected chi connectivity index (χ1v) is 8.33. The molecule has 0 atom stereocenters. The summed E-state index contributed by atoms with van der Waals surface area (Å²) in [4.78, 5) is 35.4. The van der Waals surface area contributed by atoms with Gasteiger partial charge in [-0.1, -0.05) is 5.21 Å². The Hall–Kier alpha value is -2.65. The number of urea groups is 1. The average Bonchev–Trinajstić information content (AvgIpc) is 3.10. The van der Waals surface area contributed by atoms with E-state index >= 15 is 0 Å². The lowest BCUT2D eigenvalue weighted by atomic mass is 9.72. The quantitative estimate of drug-likeness (QED) is 0.575. The van der Waals surface area contributed by atoms with Gasteiger partial charge in [-0.05, 0) is 39.5 Å². The summed E-state index contributed by atoms with van der Waals surface area (Å²) in [5, 5.41) is 10.9. The van der Waals surface area contributed by atoms with Gasteiger partial charge in [0.25, 0.3) is 0 Å². The van der Waals surface area contributed by atoms with E-state index in [1.54, 1.807) is 24.7 Å². The van der Waals surface area contributed by atoms with Crippen molar-refractivity contribution in [2.24, 2.45) is 11.1 Å². The molecule has 2 rings (SSSR count). The molecule has 1 fully saturated rings. The molecule has 10 nitrogen and oxygen atoms in total. The first kappa shape index (κ1) is 19.7. The number of nitrogens with two attached hydrogens (primary N) is 1. The second-order valence-corrected chi connectivity index (χ2v) is 6.99. The molecule has 0 spiro atoms. The van der Waals surface area contributed by atoms with Gasteiger partial charge in [-0.2, -0.15) is 0 Å². The van der Waals surface area contributed by atoms with Crippen LogP contribution >= 0.6 is 0 Å². The van der Waals surface area contributed by atoms with E-state index in [4.69, 9.17) is 15.2 Å². The molecule has 1 aliphatic rings. The molecule has 1 saturated carbocycles. The van der Waals surface area contributed by atoms with Crippen molar-refractivity contribution in [2.45, 2.75) is 51.1 Å². The molecular weight excluding hydrogens is 342 g/mol. The standard InChI is InChI=1S/C16H25N5O5/c1-15(2,18-14(17)24)11-9-21(20-19-11)10-5-7-16(8-6-10,12(22)25-3)13(23)26-4/h9-10H,5-8H2,1-4H3,(H3,17,18,24). The third kappa shape index (κ3) is 3.63. The van der Waals surface area contributed by atoms with Crippen molar-refractivity contribution in [3.8, 4) is 0 Å². The average molecular weight is 367 g/mol. The van der Waals surface area contributed by atoms with Gasteiger partial charge in [0.05, 0.1) is 32.0 Å². The highest BCUT2D eigenvalue weighted by Gasteiger charge is 2.50. The van der Waals surface area contributed by atoms with Crippen LogP contribution in [0, 0.1) is 5.41 Å². The van der Waals surface area contributed by atoms with E-state index in [0.29, 0.717) is 31.4 Å². The zero-order valence-corrected chi connectivity index (χ0v) is 15.4. The minimum atomic E-state index is -1.27. The maximum absolute atomic E-state index is 12.2. The normalized spacial score (nSPS) is 17.4. The predicted molar refractivity (Wildman–Crippen MR) is 89.7 cm³/mol. The molecule has 3 N–H and O–H groups in total. The lowest BCUT2D eigenvalue weighted by Crippen LogP contribution is -2.44. The van der Waals surface area contributed by atoms with E-state index in [1.807, 2.05) is 0 Å². The van der Waals surface area contributed by atoms with Crippen LogP contribution in [0.1, 0.15) is 51.3 Å². The number of methoxy groups -OCH3 is 2. The SMILES string of the molecule is COC(=O)C1(C(=O)OC)CCC(n2cc(C(C)(C)NC(N)=O)nn2)CC1. The number of carbonyl (C=O) groups excluding carboxylic acids is 3. The summed E-state index contributed by atoms with van der Waals surface area (Å²) < 4.78 is 11.3. The number of nitrogens with one attached hydrogen (secondary N) is 1. The summed E-state index contributed by atoms with van der Waals surface area (Å²) in [6, 6.07) is -0.675. The maximum atomic E-state index is 12.2. The maximum Gasteiger partial charge on any atom is 0.323 e. The molecule has 0 saturated heterocycles. The van der Waals surface area contributed by atoms with Gasteiger partial charge >= 0.3 is 18.0 Å². The number of rotatable bonds is 5. The third-order valence-electron chi connectivity index (χ3n) is 4.92. The summed E-state index contributed by atoms with van der Waals surface area (Å²) >= 11 is 0. The van der Waals surface area contributed by atoms with Crippen LogP contribution in [0.2, 0.25) is 0 Å². The number of hydrogen-bond donors (Lipinski definition) is 2. The van der Waals surface area contributed by atoms with Crippen LogP contribution in [-0.4, -0.2) is 47.2 Å². The van der Waals surface area contributed by atoms with Gasteiger partial charge in [-0.15, -0.1) is 5.10 Å². The van der Waals surface area contributed by atoms with Gasteiger partial charge in [0, 0.05) is 0 Å². The largest absolute Gasteiger partial charge is 0.468 e. The number of ether oxygens (including phenoxy) is 2. The highest BCUT2D eigenvalue weighted by atomic mass is 16.5. The molecule has 1 aromatic rings. The zero-order valence-electron chi connectivity index (χ0n) is 15.4. The minimum Gasteiger partial charge on any atom is -0.468 e. The van der Waals surface area contributed by atoms with Crippen molar-refractivity contribution >= 4 is 18.0 Å². The van der Waals surface area contributed by atoms with Gasteiger partial charge in [0.2, 0.25) is 0 Å². The van der Waals surface area contributed by atoms with Crippen LogP contribution in [0.4, 0.5) is 4.79 Å². The fraction of sp³-hybridized carbons (Fsp3) is 0.688. The molecule has 1 aromatic heterocycles. The number of primary amides is 1. The summed E-state index contributed by atoms with van der Waals surface area (Å²) in [7, 11) is 2.52. The van der Waals surface area contributed by atoms with Gasteiger partial charge in [0.1, 0.15) is 5.69 Å². The first-order valence-electron chi connectivity index (χ1n) is 8.33. The van der Waals surface area contributed by atoms with Crippen LogP contribution in [0.5, 0.6) is 0 Å². The van der Waals surface area contributed by atoms with Crippen molar-refractivity contribution in [1.29, 1.82) is 0 Å². The molecule has 1 aliphatic carbocycles. The van der Waals surface area contributed by atoms with E-state index in [2.05, 4.69) is 15.6 Å². The Morgan fingerprint density at radius 3 is 2.23 bits per heavy atom. The van der Waals surface area contributed by atoms with Crippen molar-refractivity contribution in [2.75, 3.05) is 14.2 Å². The summed E-state index contributed by atoms with van der Waals surface area (Å²) in [6.07, 6.45) is 3.42. The van der Waals surface area contributed by atoms with Crippen molar-refractivity contribution in [1.82, 2.24) is 20.3 Å². The van der Waals surface area contributed by atoms with Crippen molar-refractivity contribution < 1.29 is 23.9 Å². The lowest BCUT2D eigenvalue weighted by molar-refractivity contribution is -0.172. The fourth-order valence-electron chi connectivity index (χ4n) is 3.36. The molecular formula is C16H25N5O5. The Balaban J connectivity index is 2.14. The molecule has 10 heteroatoms. The number of carbonyl (C=O) groups is 3. The Morgan fingerprint density at radius 1 is 1.23 bits per heavy atom. The summed E-state index contributed by atoms with van der Waals surface area (Å²) in [6.45, 7) is 3.54. The molecule has 144 valence electrons. The molecule has 1 heterocycles. The number of esters is 2. The van der Waals surface area contributed by atoms with E-state index in [1.165, 1.54) is 14.2 Å². The number of hydrogen-bond acceptors (Lipinski definition) is 7. The first-order chi connectivity index (χ1) is 12.2. The minimum absolute atomic E-state index is 0.0249.